The van der Waals surface area contributed by atoms with E-state index in [9.17, 15) is 9.59 Å². The molecular formula is C15H24N2O4S. The van der Waals surface area contributed by atoms with Crippen LogP contribution in [0.25, 0.3) is 0 Å². The first-order valence-corrected chi connectivity index (χ1v) is 8.91. The Labute approximate surface area is 135 Å². The molecule has 2 rings (SSSR count). The summed E-state index contributed by atoms with van der Waals surface area (Å²) in [5.74, 6) is 0.759. The molecule has 2 saturated heterocycles. The molecule has 2 aliphatic heterocycles. The van der Waals surface area contributed by atoms with Gasteiger partial charge in [0.15, 0.2) is 6.29 Å². The molecule has 2 fully saturated rings. The van der Waals surface area contributed by atoms with Crippen LogP contribution in [0.2, 0.25) is 0 Å². The molecule has 0 bridgehead atoms. The number of nitrogens with zero attached hydrogens (tertiary/aromatic N) is 1. The van der Waals surface area contributed by atoms with E-state index in [1.165, 1.54) is 0 Å². The number of nitrogens with one attached hydrogen (secondary N) is 1. The largest absolute Gasteiger partial charge is 0.350 e. The topological polar surface area (TPSA) is 67.9 Å². The van der Waals surface area contributed by atoms with Gasteiger partial charge in [-0.25, -0.2) is 10.3 Å². The van der Waals surface area contributed by atoms with E-state index >= 15 is 0 Å². The average Bonchev–Trinajstić information content (AvgIpc) is 3.02. The second-order valence-corrected chi connectivity index (χ2v) is 6.47. The molecule has 0 unspecified atom stereocenters. The van der Waals surface area contributed by atoms with Gasteiger partial charge in [-0.05, 0) is 26.2 Å². The van der Waals surface area contributed by atoms with Crippen molar-refractivity contribution in [1.82, 2.24) is 10.4 Å². The third-order valence-corrected chi connectivity index (χ3v) is 4.73. The van der Waals surface area contributed by atoms with Crippen LogP contribution in [0.15, 0.2) is 11.6 Å². The number of hydrogen-bond donors (Lipinski definition) is 1. The number of amides is 2. The predicted molar refractivity (Wildman–Crippen MR) is 84.8 cm³/mol. The van der Waals surface area contributed by atoms with Crippen molar-refractivity contribution in [3.63, 3.8) is 0 Å². The van der Waals surface area contributed by atoms with Gasteiger partial charge in [-0.15, -0.1) is 11.8 Å². The van der Waals surface area contributed by atoms with Gasteiger partial charge in [0.2, 0.25) is 0 Å². The summed E-state index contributed by atoms with van der Waals surface area (Å²) < 4.78 is 5.40. The summed E-state index contributed by atoms with van der Waals surface area (Å²) >= 11 is 1.57. The molecule has 0 spiro atoms. The maximum atomic E-state index is 12.4. The molecule has 0 aromatic carbocycles. The number of rotatable bonds is 5. The summed E-state index contributed by atoms with van der Waals surface area (Å²) in [6, 6.07) is -0.485. The van der Waals surface area contributed by atoms with Crippen LogP contribution in [0.4, 0.5) is 0 Å². The normalized spacial score (nSPS) is 26.1. The molecule has 2 amide bonds. The SMILES string of the molecule is CC/C=C(\C)C(=O)N1CSC[C@@H]1C(=O)NO[C@H]1CCCCO1. The van der Waals surface area contributed by atoms with Gasteiger partial charge in [-0.1, -0.05) is 13.0 Å². The summed E-state index contributed by atoms with van der Waals surface area (Å²) in [5, 5.41) is 0. The lowest BCUT2D eigenvalue weighted by molar-refractivity contribution is -0.202. The van der Waals surface area contributed by atoms with Crippen LogP contribution < -0.4 is 5.48 Å². The number of hydrogen-bond acceptors (Lipinski definition) is 5. The van der Waals surface area contributed by atoms with E-state index in [-0.39, 0.29) is 18.1 Å². The maximum absolute atomic E-state index is 12.4. The molecule has 6 nitrogen and oxygen atoms in total. The third kappa shape index (κ3) is 4.47. The Kier molecular flexibility index (Phi) is 6.72. The molecule has 2 aliphatic rings. The lowest BCUT2D eigenvalue weighted by Crippen LogP contribution is -2.48. The molecule has 0 saturated carbocycles. The Morgan fingerprint density at radius 1 is 1.45 bits per heavy atom. The van der Waals surface area contributed by atoms with Crippen LogP contribution in [0, 0.1) is 0 Å². The van der Waals surface area contributed by atoms with Crippen LogP contribution in [0.5, 0.6) is 0 Å². The van der Waals surface area contributed by atoms with E-state index < -0.39 is 6.04 Å². The number of carbonyl (C=O) groups excluding carboxylic acids is 2. The van der Waals surface area contributed by atoms with Gasteiger partial charge in [0.05, 0.1) is 5.88 Å². The lowest BCUT2D eigenvalue weighted by atomic mass is 10.2. The molecule has 2 atom stereocenters. The number of allylic oxidation sites excluding steroid dienone is 1. The first kappa shape index (κ1) is 17.3. The number of carbonyl (C=O) groups is 2. The molecule has 0 aromatic heterocycles. The van der Waals surface area contributed by atoms with Crippen LogP contribution >= 0.6 is 11.8 Å². The van der Waals surface area contributed by atoms with E-state index in [2.05, 4.69) is 5.48 Å². The molecule has 124 valence electrons. The van der Waals surface area contributed by atoms with Crippen molar-refractivity contribution in [2.75, 3.05) is 18.2 Å². The quantitative estimate of drug-likeness (QED) is 0.616. The van der Waals surface area contributed by atoms with Gasteiger partial charge in [-0.3, -0.25) is 9.59 Å². The van der Waals surface area contributed by atoms with Crippen molar-refractivity contribution in [3.05, 3.63) is 11.6 Å². The van der Waals surface area contributed by atoms with Gasteiger partial charge < -0.3 is 9.64 Å². The first-order chi connectivity index (χ1) is 10.6. The standard InChI is InChI=1S/C15H24N2O4S/c1-3-6-11(2)15(19)17-10-22-9-12(17)14(18)16-21-13-7-4-5-8-20-13/h6,12-13H,3-5,7-10H2,1-2H3,(H,16,18)/b11-6+/t12-,13+/m1/s1. The fourth-order valence-electron chi connectivity index (χ4n) is 2.48. The van der Waals surface area contributed by atoms with Gasteiger partial charge in [0.1, 0.15) is 6.04 Å². The Balaban J connectivity index is 1.87. The van der Waals surface area contributed by atoms with E-state index in [0.29, 0.717) is 23.8 Å². The number of hydroxylamine groups is 1. The summed E-state index contributed by atoms with van der Waals surface area (Å²) in [6.07, 6.45) is 5.15. The zero-order valence-electron chi connectivity index (χ0n) is 13.2. The van der Waals surface area contributed by atoms with Gasteiger partial charge in [0, 0.05) is 24.4 Å². The van der Waals surface area contributed by atoms with Crippen molar-refractivity contribution in [2.24, 2.45) is 0 Å². The minimum absolute atomic E-state index is 0.0825. The van der Waals surface area contributed by atoms with Crippen LogP contribution in [0.3, 0.4) is 0 Å². The van der Waals surface area contributed by atoms with Gasteiger partial charge in [-0.2, -0.15) is 0 Å². The highest BCUT2D eigenvalue weighted by Crippen LogP contribution is 2.23. The van der Waals surface area contributed by atoms with Gasteiger partial charge in [0.25, 0.3) is 11.8 Å². The van der Waals surface area contributed by atoms with E-state index in [1.807, 2.05) is 13.0 Å². The van der Waals surface area contributed by atoms with Crippen molar-refractivity contribution < 1.29 is 19.2 Å². The second-order valence-electron chi connectivity index (χ2n) is 5.47. The summed E-state index contributed by atoms with van der Waals surface area (Å²) in [4.78, 5) is 31.5. The predicted octanol–water partition coefficient (Wildman–Crippen LogP) is 1.82. The van der Waals surface area contributed by atoms with Crippen molar-refractivity contribution >= 4 is 23.6 Å². The summed E-state index contributed by atoms with van der Waals surface area (Å²) in [6.45, 7) is 4.43. The fraction of sp³-hybridized carbons (Fsp3) is 0.733. The zero-order chi connectivity index (χ0) is 15.9. The molecule has 0 radical (unpaired) electrons. The molecular weight excluding hydrogens is 304 g/mol. The first-order valence-electron chi connectivity index (χ1n) is 7.76. The second kappa shape index (κ2) is 8.55. The van der Waals surface area contributed by atoms with Crippen molar-refractivity contribution in [1.29, 1.82) is 0 Å². The highest BCUT2D eigenvalue weighted by Gasteiger charge is 2.35. The highest BCUT2D eigenvalue weighted by molar-refractivity contribution is 7.99. The van der Waals surface area contributed by atoms with Crippen LogP contribution in [-0.4, -0.2) is 47.3 Å². The Morgan fingerprint density at radius 2 is 2.27 bits per heavy atom. The molecule has 1 N–H and O–H groups in total. The summed E-state index contributed by atoms with van der Waals surface area (Å²) in [7, 11) is 0. The molecule has 0 aliphatic carbocycles. The summed E-state index contributed by atoms with van der Waals surface area (Å²) in [5.41, 5.74) is 3.14. The number of thioether (sulfide) groups is 1. The fourth-order valence-corrected chi connectivity index (χ4v) is 3.63. The third-order valence-electron chi connectivity index (χ3n) is 3.72. The zero-order valence-corrected chi connectivity index (χ0v) is 14.0. The molecule has 22 heavy (non-hydrogen) atoms. The number of ether oxygens (including phenoxy) is 1. The van der Waals surface area contributed by atoms with E-state index in [1.54, 1.807) is 23.6 Å². The van der Waals surface area contributed by atoms with Gasteiger partial charge >= 0.3 is 0 Å². The van der Waals surface area contributed by atoms with Crippen molar-refractivity contribution in [3.8, 4) is 0 Å². The maximum Gasteiger partial charge on any atom is 0.267 e. The Morgan fingerprint density at radius 3 is 2.95 bits per heavy atom. The van der Waals surface area contributed by atoms with E-state index in [4.69, 9.17) is 9.57 Å². The molecule has 7 heteroatoms. The van der Waals surface area contributed by atoms with Crippen LogP contribution in [-0.2, 0) is 19.2 Å². The minimum Gasteiger partial charge on any atom is -0.350 e. The Bertz CT molecular complexity index is 435. The Hall–Kier alpha value is -1.05. The average molecular weight is 328 g/mol. The highest BCUT2D eigenvalue weighted by atomic mass is 32.2. The lowest BCUT2D eigenvalue weighted by Gasteiger charge is -2.26. The monoisotopic (exact) mass is 328 g/mol. The smallest absolute Gasteiger partial charge is 0.267 e. The van der Waals surface area contributed by atoms with Crippen molar-refractivity contribution in [2.45, 2.75) is 51.9 Å². The minimum atomic E-state index is -0.485. The van der Waals surface area contributed by atoms with Crippen LogP contribution in [0.1, 0.15) is 39.5 Å². The molecule has 2 heterocycles. The molecule has 0 aromatic rings. The van der Waals surface area contributed by atoms with E-state index in [0.717, 1.165) is 25.7 Å².